The third kappa shape index (κ3) is 5.87. The summed E-state index contributed by atoms with van der Waals surface area (Å²) in [6, 6.07) is -1.82. The van der Waals surface area contributed by atoms with Gasteiger partial charge in [-0.1, -0.05) is 0 Å². The molecule has 0 aromatic rings. The minimum absolute atomic E-state index is 0.00247. The van der Waals surface area contributed by atoms with Gasteiger partial charge in [0.05, 0.1) is 12.6 Å². The third-order valence-electron chi connectivity index (χ3n) is 6.08. The summed E-state index contributed by atoms with van der Waals surface area (Å²) in [5.41, 5.74) is 4.59. The van der Waals surface area contributed by atoms with Crippen LogP contribution in [0.15, 0.2) is 0 Å². The van der Waals surface area contributed by atoms with Gasteiger partial charge in [0.25, 0.3) is 0 Å². The zero-order valence-electron chi connectivity index (χ0n) is 19.0. The predicted octanol–water partition coefficient (Wildman–Crippen LogP) is 1.03. The normalized spacial score (nSPS) is 22.5. The summed E-state index contributed by atoms with van der Waals surface area (Å²) in [7, 11) is 1.59. The molecular formula is C21H36N4O6. The van der Waals surface area contributed by atoms with Crippen LogP contribution in [0.4, 0.5) is 4.79 Å². The molecular weight excluding hydrogens is 404 g/mol. The molecule has 0 spiro atoms. The summed E-state index contributed by atoms with van der Waals surface area (Å²) < 4.78 is 5.20. The van der Waals surface area contributed by atoms with Crippen molar-refractivity contribution in [3.63, 3.8) is 0 Å². The molecule has 3 atom stereocenters. The smallest absolute Gasteiger partial charge is 0.408 e. The molecule has 4 amide bonds. The van der Waals surface area contributed by atoms with Gasteiger partial charge in [0.15, 0.2) is 0 Å². The topological polar surface area (TPSA) is 133 Å². The second-order valence-electron chi connectivity index (χ2n) is 9.31. The van der Waals surface area contributed by atoms with E-state index >= 15 is 0 Å². The Hall–Kier alpha value is -2.36. The number of carbonyl (C=O) groups excluding carboxylic acids is 3. The van der Waals surface area contributed by atoms with Crippen molar-refractivity contribution in [3.05, 3.63) is 0 Å². The van der Waals surface area contributed by atoms with Crippen molar-refractivity contribution in [3.8, 4) is 0 Å². The van der Waals surface area contributed by atoms with Gasteiger partial charge >= 0.3 is 6.09 Å². The average Bonchev–Trinajstić information content (AvgIpc) is 3.32. The van der Waals surface area contributed by atoms with E-state index in [0.717, 1.165) is 17.7 Å². The molecule has 176 valence electrons. The summed E-state index contributed by atoms with van der Waals surface area (Å²) in [5, 5.41) is 9.89. The van der Waals surface area contributed by atoms with Crippen LogP contribution in [0.1, 0.15) is 59.3 Å². The standard InChI is InChI=1S/C21H36N4O6/c1-21(2,3)25(20(29)30)16(19(28)24-12-6-8-15(24)18(22)27)9-10-17(26)23-11-5-7-14(23)13-31-4/h14-16H,5-13H2,1-4H3,(H2,22,27)(H,29,30)/t14-,15-,16?/m0/s1. The van der Waals surface area contributed by atoms with Crippen molar-refractivity contribution in [2.75, 3.05) is 26.8 Å². The van der Waals surface area contributed by atoms with Crippen molar-refractivity contribution in [1.82, 2.24) is 14.7 Å². The Kier molecular flexibility index (Phi) is 8.27. The number of rotatable bonds is 8. The number of carboxylic acid groups (broad SMARTS) is 1. The molecule has 0 aliphatic carbocycles. The van der Waals surface area contributed by atoms with Crippen molar-refractivity contribution in [2.45, 2.75) is 83.0 Å². The van der Waals surface area contributed by atoms with Crippen LogP contribution in [0.3, 0.4) is 0 Å². The molecule has 0 aromatic carbocycles. The number of likely N-dealkylation sites (tertiary alicyclic amines) is 2. The Labute approximate surface area is 183 Å². The molecule has 1 unspecified atom stereocenters. The van der Waals surface area contributed by atoms with Gasteiger partial charge < -0.3 is 25.4 Å². The van der Waals surface area contributed by atoms with E-state index in [1.165, 1.54) is 4.90 Å². The first-order chi connectivity index (χ1) is 14.5. The highest BCUT2D eigenvalue weighted by Gasteiger charge is 2.43. The molecule has 10 nitrogen and oxygen atoms in total. The summed E-state index contributed by atoms with van der Waals surface area (Å²) in [4.78, 5) is 54.5. The minimum atomic E-state index is -1.24. The van der Waals surface area contributed by atoms with E-state index in [9.17, 15) is 24.3 Å². The molecule has 10 heteroatoms. The number of amides is 4. The molecule has 0 aromatic heterocycles. The van der Waals surface area contributed by atoms with Gasteiger partial charge in [-0.15, -0.1) is 0 Å². The first-order valence-corrected chi connectivity index (χ1v) is 10.9. The maximum Gasteiger partial charge on any atom is 0.408 e. The molecule has 2 aliphatic rings. The highest BCUT2D eigenvalue weighted by atomic mass is 16.5. The van der Waals surface area contributed by atoms with Crippen LogP contribution >= 0.6 is 0 Å². The number of nitrogens with two attached hydrogens (primary N) is 1. The second kappa shape index (κ2) is 10.3. The molecule has 3 N–H and O–H groups in total. The third-order valence-corrected chi connectivity index (χ3v) is 6.08. The summed E-state index contributed by atoms with van der Waals surface area (Å²) in [5.74, 6) is -1.19. The Morgan fingerprint density at radius 1 is 1.13 bits per heavy atom. The molecule has 31 heavy (non-hydrogen) atoms. The van der Waals surface area contributed by atoms with E-state index in [1.54, 1.807) is 32.8 Å². The van der Waals surface area contributed by atoms with Crippen molar-refractivity contribution < 1.29 is 29.0 Å². The van der Waals surface area contributed by atoms with Gasteiger partial charge in [0.1, 0.15) is 12.1 Å². The molecule has 0 bridgehead atoms. The maximum absolute atomic E-state index is 13.4. The number of ether oxygens (including phenoxy) is 1. The lowest BCUT2D eigenvalue weighted by Crippen LogP contribution is -2.59. The molecule has 2 rings (SSSR count). The number of hydrogen-bond acceptors (Lipinski definition) is 5. The Balaban J connectivity index is 2.23. The zero-order chi connectivity index (χ0) is 23.3. The van der Waals surface area contributed by atoms with Crippen LogP contribution < -0.4 is 5.73 Å². The van der Waals surface area contributed by atoms with E-state index in [2.05, 4.69) is 0 Å². The molecule has 2 fully saturated rings. The fourth-order valence-corrected chi connectivity index (χ4v) is 4.70. The maximum atomic E-state index is 13.4. The largest absolute Gasteiger partial charge is 0.465 e. The molecule has 2 aliphatic heterocycles. The van der Waals surface area contributed by atoms with Gasteiger partial charge in [-0.2, -0.15) is 0 Å². The van der Waals surface area contributed by atoms with Crippen molar-refractivity contribution in [1.29, 1.82) is 0 Å². The molecule has 2 saturated heterocycles. The van der Waals surface area contributed by atoms with Crippen molar-refractivity contribution >= 4 is 23.8 Å². The van der Waals surface area contributed by atoms with E-state index in [-0.39, 0.29) is 24.8 Å². The Morgan fingerprint density at radius 3 is 2.29 bits per heavy atom. The molecule has 0 saturated carbocycles. The van der Waals surface area contributed by atoms with Crippen LogP contribution in [0.25, 0.3) is 0 Å². The number of nitrogens with zero attached hydrogens (tertiary/aromatic N) is 3. The number of carbonyl (C=O) groups is 4. The quantitative estimate of drug-likeness (QED) is 0.579. The molecule has 0 radical (unpaired) electrons. The Bertz CT molecular complexity index is 692. The van der Waals surface area contributed by atoms with Crippen LogP contribution in [-0.4, -0.2) is 94.1 Å². The van der Waals surface area contributed by atoms with Crippen LogP contribution in [0, 0.1) is 0 Å². The van der Waals surface area contributed by atoms with E-state index < -0.39 is 35.5 Å². The van der Waals surface area contributed by atoms with Crippen molar-refractivity contribution in [2.24, 2.45) is 5.73 Å². The fourth-order valence-electron chi connectivity index (χ4n) is 4.70. The molecule has 2 heterocycles. The number of hydrogen-bond donors (Lipinski definition) is 2. The van der Waals surface area contributed by atoms with Crippen LogP contribution in [0.2, 0.25) is 0 Å². The van der Waals surface area contributed by atoms with Gasteiger partial charge in [-0.3, -0.25) is 19.3 Å². The van der Waals surface area contributed by atoms with E-state index in [4.69, 9.17) is 10.5 Å². The minimum Gasteiger partial charge on any atom is -0.465 e. The van der Waals surface area contributed by atoms with E-state index in [1.807, 2.05) is 0 Å². The first-order valence-electron chi connectivity index (χ1n) is 10.9. The Morgan fingerprint density at radius 2 is 1.74 bits per heavy atom. The zero-order valence-corrected chi connectivity index (χ0v) is 19.0. The monoisotopic (exact) mass is 440 g/mol. The highest BCUT2D eigenvalue weighted by Crippen LogP contribution is 2.27. The fraction of sp³-hybridized carbons (Fsp3) is 0.810. The summed E-state index contributed by atoms with van der Waals surface area (Å²) in [6.07, 6.45) is 1.66. The van der Waals surface area contributed by atoms with Gasteiger partial charge in [-0.05, 0) is 52.9 Å². The van der Waals surface area contributed by atoms with Crippen LogP contribution in [0.5, 0.6) is 0 Å². The van der Waals surface area contributed by atoms with Gasteiger partial charge in [0, 0.05) is 32.2 Å². The van der Waals surface area contributed by atoms with Crippen LogP contribution in [-0.2, 0) is 19.1 Å². The van der Waals surface area contributed by atoms with Gasteiger partial charge in [0.2, 0.25) is 17.7 Å². The lowest BCUT2D eigenvalue weighted by atomic mass is 9.98. The lowest BCUT2D eigenvalue weighted by molar-refractivity contribution is -0.143. The number of methoxy groups -OCH3 is 1. The summed E-state index contributed by atoms with van der Waals surface area (Å²) in [6.45, 7) is 6.53. The average molecular weight is 441 g/mol. The highest BCUT2D eigenvalue weighted by molar-refractivity contribution is 5.91. The first kappa shape index (κ1) is 24.9. The number of primary amides is 1. The predicted molar refractivity (Wildman–Crippen MR) is 113 cm³/mol. The lowest BCUT2D eigenvalue weighted by Gasteiger charge is -2.41. The SMILES string of the molecule is COC[C@@H]1CCCN1C(=O)CCC(C(=O)N1CCC[C@H]1C(N)=O)N(C(=O)O)C(C)(C)C. The van der Waals surface area contributed by atoms with E-state index in [0.29, 0.717) is 32.5 Å². The summed E-state index contributed by atoms with van der Waals surface area (Å²) >= 11 is 0. The second-order valence-corrected chi connectivity index (χ2v) is 9.31. The van der Waals surface area contributed by atoms with Gasteiger partial charge in [-0.25, -0.2) is 4.79 Å².